The Morgan fingerprint density at radius 2 is 1.93 bits per heavy atom. The minimum absolute atomic E-state index is 0.0531. The lowest BCUT2D eigenvalue weighted by Gasteiger charge is -2.26. The molecule has 0 aromatic heterocycles. The van der Waals surface area contributed by atoms with Crippen molar-refractivity contribution in [3.63, 3.8) is 0 Å². The van der Waals surface area contributed by atoms with Crippen LogP contribution in [0.4, 0.5) is 0 Å². The molecule has 0 radical (unpaired) electrons. The number of halogens is 2. The molecule has 5 nitrogen and oxygen atoms in total. The summed E-state index contributed by atoms with van der Waals surface area (Å²) < 4.78 is 16.4. The number of amides is 1. The third-order valence-electron chi connectivity index (χ3n) is 4.62. The van der Waals surface area contributed by atoms with Gasteiger partial charge in [0.15, 0.2) is 6.61 Å². The summed E-state index contributed by atoms with van der Waals surface area (Å²) in [6.07, 6.45) is 1.80. The first-order valence-corrected chi connectivity index (χ1v) is 9.38. The van der Waals surface area contributed by atoms with Crippen molar-refractivity contribution in [2.45, 2.75) is 18.9 Å². The predicted molar refractivity (Wildman–Crippen MR) is 105 cm³/mol. The Morgan fingerprint density at radius 3 is 2.63 bits per heavy atom. The first kappa shape index (κ1) is 19.6. The van der Waals surface area contributed by atoms with Crippen molar-refractivity contribution in [2.75, 3.05) is 27.4 Å². The Bertz CT molecular complexity index is 828. The molecule has 0 N–H and O–H groups in total. The van der Waals surface area contributed by atoms with Crippen molar-refractivity contribution >= 4 is 29.1 Å². The molecular weight excluding hydrogens is 389 g/mol. The number of rotatable bonds is 6. The lowest BCUT2D eigenvalue weighted by molar-refractivity contribution is -0.134. The van der Waals surface area contributed by atoms with E-state index in [9.17, 15) is 4.79 Å². The average Bonchev–Trinajstić information content (AvgIpc) is 3.16. The fraction of sp³-hybridized carbons (Fsp3) is 0.350. The van der Waals surface area contributed by atoms with E-state index in [1.54, 1.807) is 32.4 Å². The van der Waals surface area contributed by atoms with Crippen LogP contribution < -0.4 is 14.2 Å². The quantitative estimate of drug-likeness (QED) is 0.690. The molecule has 1 heterocycles. The van der Waals surface area contributed by atoms with Gasteiger partial charge in [-0.1, -0.05) is 23.2 Å². The molecule has 1 aliphatic heterocycles. The first-order valence-electron chi connectivity index (χ1n) is 8.62. The van der Waals surface area contributed by atoms with E-state index in [0.717, 1.165) is 18.4 Å². The van der Waals surface area contributed by atoms with E-state index in [4.69, 9.17) is 37.4 Å². The summed E-state index contributed by atoms with van der Waals surface area (Å²) in [7, 11) is 3.23. The van der Waals surface area contributed by atoms with Gasteiger partial charge in [0.2, 0.25) is 0 Å². The van der Waals surface area contributed by atoms with Crippen LogP contribution in [0.15, 0.2) is 36.4 Å². The van der Waals surface area contributed by atoms with Crippen LogP contribution in [-0.4, -0.2) is 38.2 Å². The van der Waals surface area contributed by atoms with E-state index < -0.39 is 0 Å². The van der Waals surface area contributed by atoms with Crippen LogP contribution in [0.2, 0.25) is 10.0 Å². The fourth-order valence-corrected chi connectivity index (χ4v) is 3.76. The summed E-state index contributed by atoms with van der Waals surface area (Å²) in [5.41, 5.74) is 0.966. The molecule has 0 aliphatic carbocycles. The van der Waals surface area contributed by atoms with Gasteiger partial charge in [-0.05, 0) is 43.2 Å². The lowest BCUT2D eigenvalue weighted by atomic mass is 10.0. The Balaban J connectivity index is 1.73. The van der Waals surface area contributed by atoms with Crippen LogP contribution >= 0.6 is 23.2 Å². The molecular formula is C20H21Cl2NO4. The molecule has 7 heteroatoms. The second-order valence-electron chi connectivity index (χ2n) is 6.22. The van der Waals surface area contributed by atoms with E-state index in [0.29, 0.717) is 33.8 Å². The summed E-state index contributed by atoms with van der Waals surface area (Å²) in [6, 6.07) is 10.5. The molecule has 0 unspecified atom stereocenters. The third kappa shape index (κ3) is 4.42. The molecule has 27 heavy (non-hydrogen) atoms. The van der Waals surface area contributed by atoms with Crippen LogP contribution in [0.1, 0.15) is 24.4 Å². The number of carbonyl (C=O) groups excluding carboxylic acids is 1. The largest absolute Gasteiger partial charge is 0.497 e. The standard InChI is InChI=1S/C20H21Cl2NO4/c1-25-14-6-7-15(19(11-14)26-2)17-4-3-9-23(17)20(24)12-27-18-8-5-13(21)10-16(18)22/h5-8,10-11,17H,3-4,9,12H2,1-2H3/t17-/m0/s1. The second kappa shape index (κ2) is 8.72. The molecule has 1 aliphatic rings. The normalized spacial score (nSPS) is 16.3. The lowest BCUT2D eigenvalue weighted by Crippen LogP contribution is -2.34. The van der Waals surface area contributed by atoms with E-state index in [1.165, 1.54) is 0 Å². The van der Waals surface area contributed by atoms with Gasteiger partial charge < -0.3 is 19.1 Å². The number of likely N-dealkylation sites (tertiary alicyclic amines) is 1. The number of methoxy groups -OCH3 is 2. The van der Waals surface area contributed by atoms with Crippen molar-refractivity contribution in [3.8, 4) is 17.2 Å². The molecule has 1 saturated heterocycles. The Hall–Kier alpha value is -2.11. The summed E-state index contributed by atoms with van der Waals surface area (Å²) in [5, 5.41) is 0.898. The molecule has 0 saturated carbocycles. The van der Waals surface area contributed by atoms with E-state index in [1.807, 2.05) is 23.1 Å². The highest BCUT2D eigenvalue weighted by Gasteiger charge is 2.32. The molecule has 1 fully saturated rings. The van der Waals surface area contributed by atoms with Crippen LogP contribution in [0.25, 0.3) is 0 Å². The summed E-state index contributed by atoms with van der Waals surface area (Å²) in [4.78, 5) is 14.6. The van der Waals surface area contributed by atoms with Gasteiger partial charge in [-0.15, -0.1) is 0 Å². The van der Waals surface area contributed by atoms with E-state index in [-0.39, 0.29) is 18.6 Å². The van der Waals surface area contributed by atoms with Crippen molar-refractivity contribution < 1.29 is 19.0 Å². The SMILES string of the molecule is COc1ccc([C@@H]2CCCN2C(=O)COc2ccc(Cl)cc2Cl)c(OC)c1. The maximum Gasteiger partial charge on any atom is 0.261 e. The van der Waals surface area contributed by atoms with E-state index in [2.05, 4.69) is 0 Å². The highest BCUT2D eigenvalue weighted by molar-refractivity contribution is 6.35. The molecule has 1 amide bonds. The number of hydrogen-bond acceptors (Lipinski definition) is 4. The third-order valence-corrected chi connectivity index (χ3v) is 5.15. The van der Waals surface area contributed by atoms with Crippen molar-refractivity contribution in [2.24, 2.45) is 0 Å². The first-order chi connectivity index (χ1) is 13.0. The number of ether oxygens (including phenoxy) is 3. The number of hydrogen-bond donors (Lipinski definition) is 0. The summed E-state index contributed by atoms with van der Waals surface area (Å²) >= 11 is 12.0. The zero-order valence-electron chi connectivity index (χ0n) is 15.2. The molecule has 2 aromatic rings. The monoisotopic (exact) mass is 409 g/mol. The average molecular weight is 410 g/mol. The van der Waals surface area contributed by atoms with Gasteiger partial charge in [0.25, 0.3) is 5.91 Å². The van der Waals surface area contributed by atoms with Gasteiger partial charge in [0.05, 0.1) is 25.3 Å². The maximum absolute atomic E-state index is 12.8. The second-order valence-corrected chi connectivity index (χ2v) is 7.06. The predicted octanol–water partition coefficient (Wildman–Crippen LogP) is 4.75. The topological polar surface area (TPSA) is 48.0 Å². The van der Waals surface area contributed by atoms with Gasteiger partial charge in [0.1, 0.15) is 17.2 Å². The minimum atomic E-state index is -0.0959. The zero-order chi connectivity index (χ0) is 19.4. The van der Waals surface area contributed by atoms with Crippen molar-refractivity contribution in [1.82, 2.24) is 4.90 Å². The molecule has 0 spiro atoms. The molecule has 2 aromatic carbocycles. The van der Waals surface area contributed by atoms with Crippen LogP contribution in [0.3, 0.4) is 0 Å². The smallest absolute Gasteiger partial charge is 0.261 e. The fourth-order valence-electron chi connectivity index (χ4n) is 3.30. The van der Waals surface area contributed by atoms with Gasteiger partial charge in [-0.3, -0.25) is 4.79 Å². The Kier molecular flexibility index (Phi) is 6.34. The van der Waals surface area contributed by atoms with Gasteiger partial charge >= 0.3 is 0 Å². The number of nitrogens with zero attached hydrogens (tertiary/aromatic N) is 1. The van der Waals surface area contributed by atoms with E-state index >= 15 is 0 Å². The zero-order valence-corrected chi connectivity index (χ0v) is 16.7. The molecule has 3 rings (SSSR count). The maximum atomic E-state index is 12.8. The van der Waals surface area contributed by atoms with Crippen LogP contribution in [0, 0.1) is 0 Å². The number of carbonyl (C=O) groups is 1. The Morgan fingerprint density at radius 1 is 1.11 bits per heavy atom. The highest BCUT2D eigenvalue weighted by atomic mass is 35.5. The Labute approximate surface area is 168 Å². The minimum Gasteiger partial charge on any atom is -0.497 e. The highest BCUT2D eigenvalue weighted by Crippen LogP contribution is 2.38. The van der Waals surface area contributed by atoms with Crippen molar-refractivity contribution in [3.05, 3.63) is 52.0 Å². The molecule has 1 atom stereocenters. The summed E-state index contributed by atoms with van der Waals surface area (Å²) in [5.74, 6) is 1.77. The summed E-state index contributed by atoms with van der Waals surface area (Å²) in [6.45, 7) is 0.590. The number of benzene rings is 2. The van der Waals surface area contributed by atoms with Crippen LogP contribution in [0.5, 0.6) is 17.2 Å². The van der Waals surface area contributed by atoms with Gasteiger partial charge in [0, 0.05) is 23.2 Å². The van der Waals surface area contributed by atoms with Gasteiger partial charge in [-0.2, -0.15) is 0 Å². The van der Waals surface area contributed by atoms with Gasteiger partial charge in [-0.25, -0.2) is 0 Å². The van der Waals surface area contributed by atoms with Crippen molar-refractivity contribution in [1.29, 1.82) is 0 Å². The van der Waals surface area contributed by atoms with Crippen LogP contribution in [-0.2, 0) is 4.79 Å². The molecule has 0 bridgehead atoms. The molecule has 144 valence electrons.